The van der Waals surface area contributed by atoms with Crippen LogP contribution in [-0.2, 0) is 6.54 Å². The van der Waals surface area contributed by atoms with Crippen molar-refractivity contribution in [2.24, 2.45) is 0 Å². The molecule has 236 valence electrons. The molecule has 4 aromatic rings. The first-order valence-electron chi connectivity index (χ1n) is 15.8. The molecule has 1 saturated heterocycles. The molecule has 0 spiro atoms. The van der Waals surface area contributed by atoms with Crippen LogP contribution in [0.3, 0.4) is 0 Å². The Hall–Kier alpha value is -3.82. The number of fused-ring (bicyclic) bond motifs is 1. The SMILES string of the molecule is CCCCn1c(-c2ccc(Oc3cccc(F)c3)cc2OCCN2CCCC2)nc2c(OCC)cc(OCCN(C)C)cc21. The lowest BCUT2D eigenvalue weighted by Gasteiger charge is -2.18. The van der Waals surface area contributed by atoms with E-state index in [9.17, 15) is 4.39 Å². The minimum atomic E-state index is -0.346. The number of ether oxygens (including phenoxy) is 4. The van der Waals surface area contributed by atoms with Crippen molar-refractivity contribution in [3.05, 3.63) is 60.4 Å². The molecule has 1 aliphatic rings. The molecule has 0 bridgehead atoms. The highest BCUT2D eigenvalue weighted by atomic mass is 19.1. The summed E-state index contributed by atoms with van der Waals surface area (Å²) in [6, 6.07) is 15.9. The van der Waals surface area contributed by atoms with Crippen LogP contribution in [0.1, 0.15) is 39.5 Å². The average Bonchev–Trinajstić information content (AvgIpc) is 3.64. The molecule has 9 heteroatoms. The van der Waals surface area contributed by atoms with Crippen molar-refractivity contribution < 1.29 is 23.3 Å². The second kappa shape index (κ2) is 15.3. The third-order valence-corrected chi connectivity index (χ3v) is 7.72. The summed E-state index contributed by atoms with van der Waals surface area (Å²) in [4.78, 5) is 9.69. The number of aromatic nitrogens is 2. The fraction of sp³-hybridized carbons (Fsp3) is 0.457. The van der Waals surface area contributed by atoms with Gasteiger partial charge in [0.05, 0.1) is 17.7 Å². The van der Waals surface area contributed by atoms with Crippen molar-refractivity contribution in [2.75, 3.05) is 60.1 Å². The van der Waals surface area contributed by atoms with Gasteiger partial charge in [-0.3, -0.25) is 4.90 Å². The lowest BCUT2D eigenvalue weighted by molar-refractivity contribution is 0.238. The number of likely N-dealkylation sites (N-methyl/N-ethyl adjacent to an activating group) is 1. The molecule has 0 radical (unpaired) electrons. The lowest BCUT2D eigenvalue weighted by Crippen LogP contribution is -2.25. The Bertz CT molecular complexity index is 1520. The molecule has 1 fully saturated rings. The molecule has 44 heavy (non-hydrogen) atoms. The second-order valence-corrected chi connectivity index (χ2v) is 11.4. The molecule has 8 nitrogen and oxygen atoms in total. The number of nitrogens with zero attached hydrogens (tertiary/aromatic N) is 4. The molecule has 1 aromatic heterocycles. The molecule has 3 aromatic carbocycles. The van der Waals surface area contributed by atoms with Crippen LogP contribution in [0.25, 0.3) is 22.4 Å². The molecular weight excluding hydrogens is 559 g/mol. The molecule has 2 heterocycles. The van der Waals surface area contributed by atoms with Gasteiger partial charge < -0.3 is 28.4 Å². The fourth-order valence-corrected chi connectivity index (χ4v) is 5.44. The summed E-state index contributed by atoms with van der Waals surface area (Å²) in [5, 5.41) is 0. The third-order valence-electron chi connectivity index (χ3n) is 7.72. The van der Waals surface area contributed by atoms with Gasteiger partial charge in [0, 0.05) is 43.9 Å². The monoisotopic (exact) mass is 604 g/mol. The molecule has 0 amide bonds. The van der Waals surface area contributed by atoms with Gasteiger partial charge in [-0.1, -0.05) is 19.4 Å². The maximum absolute atomic E-state index is 13.9. The summed E-state index contributed by atoms with van der Waals surface area (Å²) in [5.74, 6) is 3.58. The number of unbranched alkanes of at least 4 members (excludes halogenated alkanes) is 1. The van der Waals surface area contributed by atoms with Gasteiger partial charge in [0.15, 0.2) is 5.75 Å². The van der Waals surface area contributed by atoms with Gasteiger partial charge in [-0.2, -0.15) is 0 Å². The Labute approximate surface area is 260 Å². The Kier molecular flexibility index (Phi) is 11.0. The van der Waals surface area contributed by atoms with Gasteiger partial charge in [0.2, 0.25) is 0 Å². The van der Waals surface area contributed by atoms with Gasteiger partial charge >= 0.3 is 0 Å². The van der Waals surface area contributed by atoms with Gasteiger partial charge in [-0.15, -0.1) is 0 Å². The highest BCUT2D eigenvalue weighted by Crippen LogP contribution is 2.40. The number of halogens is 1. The maximum Gasteiger partial charge on any atom is 0.150 e. The largest absolute Gasteiger partial charge is 0.492 e. The van der Waals surface area contributed by atoms with E-state index in [4.69, 9.17) is 23.9 Å². The number of benzene rings is 3. The third kappa shape index (κ3) is 8.01. The van der Waals surface area contributed by atoms with Crippen molar-refractivity contribution in [3.63, 3.8) is 0 Å². The highest BCUT2D eigenvalue weighted by Gasteiger charge is 2.22. The van der Waals surface area contributed by atoms with E-state index in [2.05, 4.69) is 27.4 Å². The lowest BCUT2D eigenvalue weighted by atomic mass is 10.1. The molecule has 1 aliphatic heterocycles. The van der Waals surface area contributed by atoms with Crippen molar-refractivity contribution >= 4 is 11.0 Å². The van der Waals surface area contributed by atoms with Crippen molar-refractivity contribution in [1.82, 2.24) is 19.4 Å². The molecule has 0 atom stereocenters. The van der Waals surface area contributed by atoms with E-state index in [0.717, 1.165) is 73.7 Å². The van der Waals surface area contributed by atoms with Crippen molar-refractivity contribution in [1.29, 1.82) is 0 Å². The van der Waals surface area contributed by atoms with E-state index in [1.807, 2.05) is 45.3 Å². The van der Waals surface area contributed by atoms with Crippen molar-refractivity contribution in [2.45, 2.75) is 46.1 Å². The van der Waals surface area contributed by atoms with Crippen LogP contribution in [0.5, 0.6) is 28.7 Å². The number of likely N-dealkylation sites (tertiary alicyclic amines) is 1. The topological polar surface area (TPSA) is 61.2 Å². The number of imidazole rings is 1. The van der Waals surface area contributed by atoms with Crippen LogP contribution in [0, 0.1) is 5.82 Å². The minimum Gasteiger partial charge on any atom is -0.492 e. The molecule has 0 unspecified atom stereocenters. The van der Waals surface area contributed by atoms with E-state index in [1.54, 1.807) is 12.1 Å². The van der Waals surface area contributed by atoms with Gasteiger partial charge in [0.25, 0.3) is 0 Å². The zero-order valence-electron chi connectivity index (χ0n) is 26.5. The molecule has 0 N–H and O–H groups in total. The highest BCUT2D eigenvalue weighted by molar-refractivity contribution is 5.88. The maximum atomic E-state index is 13.9. The summed E-state index contributed by atoms with van der Waals surface area (Å²) < 4.78 is 40.9. The van der Waals surface area contributed by atoms with Crippen LogP contribution in [0.2, 0.25) is 0 Å². The van der Waals surface area contributed by atoms with Crippen LogP contribution in [0.4, 0.5) is 4.39 Å². The second-order valence-electron chi connectivity index (χ2n) is 11.4. The van der Waals surface area contributed by atoms with Crippen LogP contribution in [-0.4, -0.2) is 79.4 Å². The van der Waals surface area contributed by atoms with Gasteiger partial charge in [0.1, 0.15) is 53.4 Å². The van der Waals surface area contributed by atoms with E-state index in [0.29, 0.717) is 42.8 Å². The predicted molar refractivity (Wildman–Crippen MR) is 173 cm³/mol. The summed E-state index contributed by atoms with van der Waals surface area (Å²) >= 11 is 0. The van der Waals surface area contributed by atoms with Crippen LogP contribution >= 0.6 is 0 Å². The first-order valence-corrected chi connectivity index (χ1v) is 15.8. The smallest absolute Gasteiger partial charge is 0.150 e. The van der Waals surface area contributed by atoms with Gasteiger partial charge in [-0.25, -0.2) is 9.37 Å². The van der Waals surface area contributed by atoms with Crippen molar-refractivity contribution in [3.8, 4) is 40.1 Å². The first kappa shape index (κ1) is 31.6. The summed E-state index contributed by atoms with van der Waals surface area (Å²) in [5.41, 5.74) is 2.62. The summed E-state index contributed by atoms with van der Waals surface area (Å²) in [7, 11) is 4.06. The first-order chi connectivity index (χ1) is 21.4. The Balaban J connectivity index is 1.56. The number of hydrogen-bond acceptors (Lipinski definition) is 7. The van der Waals surface area contributed by atoms with E-state index in [1.165, 1.54) is 25.0 Å². The molecule has 5 rings (SSSR count). The minimum absolute atomic E-state index is 0.346. The normalized spacial score (nSPS) is 13.6. The Morgan fingerprint density at radius 3 is 2.39 bits per heavy atom. The van der Waals surface area contributed by atoms with Crippen LogP contribution < -0.4 is 18.9 Å². The molecule has 0 saturated carbocycles. The standard InChI is InChI=1S/C35H45FN4O4/c1-5-7-17-40-31-23-29(42-20-18-38(3)4)25-33(41-6-2)34(31)37-35(40)30-14-13-28(44-27-12-10-11-26(36)22-27)24-32(30)43-21-19-39-15-8-9-16-39/h10-14,22-25H,5-9,15-21H2,1-4H3. The Morgan fingerprint density at radius 2 is 1.64 bits per heavy atom. The number of rotatable bonds is 16. The number of hydrogen-bond donors (Lipinski definition) is 0. The fourth-order valence-electron chi connectivity index (χ4n) is 5.44. The summed E-state index contributed by atoms with van der Waals surface area (Å²) in [6.07, 6.45) is 4.48. The summed E-state index contributed by atoms with van der Waals surface area (Å²) in [6.45, 7) is 10.4. The average molecular weight is 605 g/mol. The van der Waals surface area contributed by atoms with E-state index < -0.39 is 0 Å². The Morgan fingerprint density at radius 1 is 0.841 bits per heavy atom. The zero-order chi connectivity index (χ0) is 30.9. The van der Waals surface area contributed by atoms with E-state index in [-0.39, 0.29) is 5.82 Å². The quantitative estimate of drug-likeness (QED) is 0.134. The number of aryl methyl sites for hydroxylation is 1. The predicted octanol–water partition coefficient (Wildman–Crippen LogP) is 7.25. The van der Waals surface area contributed by atoms with Crippen LogP contribution in [0.15, 0.2) is 54.6 Å². The van der Waals surface area contributed by atoms with Gasteiger partial charge in [-0.05, 0) is 77.6 Å². The molecular formula is C35H45FN4O4. The van der Waals surface area contributed by atoms with E-state index >= 15 is 0 Å². The molecule has 0 aliphatic carbocycles. The zero-order valence-corrected chi connectivity index (χ0v) is 26.5.